The quantitative estimate of drug-likeness (QED) is 0.880. The fourth-order valence-electron chi connectivity index (χ4n) is 4.18. The molecule has 1 aliphatic carbocycles. The topological polar surface area (TPSA) is 55.1 Å². The van der Waals surface area contributed by atoms with Crippen molar-refractivity contribution < 1.29 is 9.18 Å². The monoisotopic (exact) mass is 336 g/mol. The van der Waals surface area contributed by atoms with Crippen molar-refractivity contribution >= 4 is 11.5 Å². The van der Waals surface area contributed by atoms with E-state index in [1.54, 1.807) is 0 Å². The Bertz CT molecular complexity index is 943. The Hall–Kier alpha value is -2.46. The van der Waals surface area contributed by atoms with Crippen LogP contribution in [-0.2, 0) is 19.4 Å². The van der Waals surface area contributed by atoms with Crippen molar-refractivity contribution in [2.24, 2.45) is 5.73 Å². The minimum atomic E-state index is -0.693. The van der Waals surface area contributed by atoms with Gasteiger partial charge in [-0.1, -0.05) is 23.8 Å². The number of primary amides is 1. The van der Waals surface area contributed by atoms with Crippen LogP contribution in [0, 0.1) is 5.82 Å². The van der Waals surface area contributed by atoms with Crippen LogP contribution >= 0.6 is 0 Å². The lowest BCUT2D eigenvalue weighted by molar-refractivity contribution is 0.0995. The first-order valence-corrected chi connectivity index (χ1v) is 8.62. The van der Waals surface area contributed by atoms with E-state index < -0.39 is 11.7 Å². The average Bonchev–Trinajstić information content (AvgIpc) is 2.88. The number of nitrogens with one attached hydrogen (secondary N) is 1. The number of carbonyl (C=O) groups excluding carboxylic acids is 1. The summed E-state index contributed by atoms with van der Waals surface area (Å²) in [5, 5.41) is 3.38. The molecule has 1 aliphatic heterocycles. The van der Waals surface area contributed by atoms with Gasteiger partial charge in [-0.25, -0.2) is 4.39 Å². The molecule has 0 atom stereocenters. The molecule has 2 aromatic carbocycles. The van der Waals surface area contributed by atoms with Crippen molar-refractivity contribution in [2.45, 2.75) is 33.2 Å². The molecule has 2 aliphatic rings. The van der Waals surface area contributed by atoms with Crippen LogP contribution in [0.2, 0.25) is 0 Å². The van der Waals surface area contributed by atoms with Crippen LogP contribution in [0.5, 0.6) is 0 Å². The molecule has 1 heterocycles. The molecule has 3 N–H and O–H groups in total. The molecular weight excluding hydrogens is 315 g/mol. The Morgan fingerprint density at radius 2 is 2.00 bits per heavy atom. The number of hydrogen-bond acceptors (Lipinski definition) is 2. The molecule has 0 fully saturated rings. The zero-order valence-corrected chi connectivity index (χ0v) is 14.5. The summed E-state index contributed by atoms with van der Waals surface area (Å²) in [5.41, 5.74) is 14.0. The Balaban J connectivity index is 2.04. The van der Waals surface area contributed by atoms with E-state index >= 15 is 0 Å². The molecule has 25 heavy (non-hydrogen) atoms. The lowest BCUT2D eigenvalue weighted by Crippen LogP contribution is -2.24. The molecule has 0 saturated heterocycles. The van der Waals surface area contributed by atoms with E-state index in [4.69, 9.17) is 5.73 Å². The summed E-state index contributed by atoms with van der Waals surface area (Å²) in [7, 11) is 0. The second kappa shape index (κ2) is 5.81. The van der Waals surface area contributed by atoms with Crippen LogP contribution in [0.25, 0.3) is 16.7 Å². The number of amides is 1. The number of hydrogen-bond donors (Lipinski definition) is 2. The molecule has 0 bridgehead atoms. The van der Waals surface area contributed by atoms with Gasteiger partial charge in [0.2, 0.25) is 0 Å². The Labute approximate surface area is 146 Å². The number of halogens is 1. The SMILES string of the molecule is CC1=C(C)c2c(-c3cccc4c3CCNC4)cc(F)c(C(N)=O)c2C1. The second-order valence-electron chi connectivity index (χ2n) is 6.95. The fourth-order valence-corrected chi connectivity index (χ4v) is 4.18. The highest BCUT2D eigenvalue weighted by Gasteiger charge is 2.29. The van der Waals surface area contributed by atoms with Crippen LogP contribution in [0.3, 0.4) is 0 Å². The average molecular weight is 336 g/mol. The van der Waals surface area contributed by atoms with Gasteiger partial charge >= 0.3 is 0 Å². The van der Waals surface area contributed by atoms with Gasteiger partial charge < -0.3 is 11.1 Å². The van der Waals surface area contributed by atoms with Crippen LogP contribution < -0.4 is 11.1 Å². The molecule has 1 amide bonds. The van der Waals surface area contributed by atoms with E-state index in [2.05, 4.69) is 17.4 Å². The third-order valence-corrected chi connectivity index (χ3v) is 5.52. The van der Waals surface area contributed by atoms with E-state index in [1.165, 1.54) is 17.2 Å². The molecule has 128 valence electrons. The normalized spacial score (nSPS) is 16.0. The predicted octanol–water partition coefficient (Wildman–Crippen LogP) is 3.59. The first-order valence-electron chi connectivity index (χ1n) is 8.62. The molecule has 4 rings (SSSR count). The summed E-state index contributed by atoms with van der Waals surface area (Å²) in [5.74, 6) is -1.21. The fraction of sp³-hybridized carbons (Fsp3) is 0.286. The third-order valence-electron chi connectivity index (χ3n) is 5.52. The zero-order valence-electron chi connectivity index (χ0n) is 14.5. The summed E-state index contributed by atoms with van der Waals surface area (Å²) in [4.78, 5) is 11.8. The van der Waals surface area contributed by atoms with Gasteiger partial charge in [0.05, 0.1) is 5.56 Å². The van der Waals surface area contributed by atoms with E-state index in [-0.39, 0.29) is 5.56 Å². The van der Waals surface area contributed by atoms with Crippen molar-refractivity contribution in [2.75, 3.05) is 6.54 Å². The molecular formula is C21H21FN2O. The first kappa shape index (κ1) is 16.0. The molecule has 2 aromatic rings. The van der Waals surface area contributed by atoms with Crippen LogP contribution in [-0.4, -0.2) is 12.5 Å². The minimum Gasteiger partial charge on any atom is -0.365 e. The Morgan fingerprint density at radius 3 is 2.76 bits per heavy atom. The van der Waals surface area contributed by atoms with Crippen molar-refractivity contribution in [1.82, 2.24) is 5.32 Å². The summed E-state index contributed by atoms with van der Waals surface area (Å²) in [6.45, 7) is 5.83. The van der Waals surface area contributed by atoms with Crippen molar-refractivity contribution in [3.8, 4) is 11.1 Å². The lowest BCUT2D eigenvalue weighted by atomic mass is 9.85. The smallest absolute Gasteiger partial charge is 0.251 e. The van der Waals surface area contributed by atoms with Gasteiger partial charge in [-0.15, -0.1) is 0 Å². The van der Waals surface area contributed by atoms with Gasteiger partial charge in [0.15, 0.2) is 0 Å². The highest BCUT2D eigenvalue weighted by Crippen LogP contribution is 2.43. The highest BCUT2D eigenvalue weighted by molar-refractivity contribution is 6.00. The third kappa shape index (κ3) is 2.40. The molecule has 0 aromatic heterocycles. The van der Waals surface area contributed by atoms with Crippen molar-refractivity contribution in [3.05, 3.63) is 63.5 Å². The number of carbonyl (C=O) groups is 1. The van der Waals surface area contributed by atoms with Crippen molar-refractivity contribution in [1.29, 1.82) is 0 Å². The summed E-state index contributed by atoms with van der Waals surface area (Å²) < 4.78 is 14.8. The largest absolute Gasteiger partial charge is 0.365 e. The number of nitrogens with two attached hydrogens (primary N) is 1. The predicted molar refractivity (Wildman–Crippen MR) is 97.7 cm³/mol. The van der Waals surface area contributed by atoms with Gasteiger partial charge in [0.25, 0.3) is 5.91 Å². The molecule has 3 nitrogen and oxygen atoms in total. The van der Waals surface area contributed by atoms with E-state index in [1.807, 2.05) is 19.9 Å². The maximum Gasteiger partial charge on any atom is 0.251 e. The number of benzene rings is 2. The molecule has 4 heteroatoms. The van der Waals surface area contributed by atoms with Crippen LogP contribution in [0.4, 0.5) is 4.39 Å². The number of rotatable bonds is 2. The summed E-state index contributed by atoms with van der Waals surface area (Å²) in [6, 6.07) is 7.70. The summed E-state index contributed by atoms with van der Waals surface area (Å²) >= 11 is 0. The zero-order chi connectivity index (χ0) is 17.7. The number of fused-ring (bicyclic) bond motifs is 2. The molecule has 0 radical (unpaired) electrons. The van der Waals surface area contributed by atoms with Crippen LogP contribution in [0.15, 0.2) is 29.8 Å². The van der Waals surface area contributed by atoms with E-state index in [0.717, 1.165) is 52.9 Å². The minimum absolute atomic E-state index is 0.0430. The lowest BCUT2D eigenvalue weighted by Gasteiger charge is -2.22. The molecule has 0 spiro atoms. The maximum atomic E-state index is 14.8. The van der Waals surface area contributed by atoms with Gasteiger partial charge in [-0.3, -0.25) is 4.79 Å². The molecule has 0 unspecified atom stereocenters. The van der Waals surface area contributed by atoms with E-state index in [0.29, 0.717) is 6.42 Å². The van der Waals surface area contributed by atoms with Gasteiger partial charge in [-0.2, -0.15) is 0 Å². The standard InChI is InChI=1S/C21H21FN2O/c1-11-8-17-19(12(11)2)16(9-18(22)20(17)21(23)25)15-5-3-4-13-10-24-7-6-14(13)15/h3-5,9,24H,6-8,10H2,1-2H3,(H2,23,25). The Morgan fingerprint density at radius 1 is 1.20 bits per heavy atom. The number of allylic oxidation sites excluding steroid dienone is 2. The highest BCUT2D eigenvalue weighted by atomic mass is 19.1. The maximum absolute atomic E-state index is 14.8. The van der Waals surface area contributed by atoms with Crippen molar-refractivity contribution in [3.63, 3.8) is 0 Å². The van der Waals surface area contributed by atoms with Crippen LogP contribution in [0.1, 0.15) is 46.5 Å². The molecule has 0 saturated carbocycles. The second-order valence-corrected chi connectivity index (χ2v) is 6.95. The van der Waals surface area contributed by atoms with Gasteiger partial charge in [-0.05, 0) is 78.3 Å². The first-order chi connectivity index (χ1) is 12.0. The van der Waals surface area contributed by atoms with Gasteiger partial charge in [0, 0.05) is 6.54 Å². The Kier molecular flexibility index (Phi) is 3.73. The summed E-state index contributed by atoms with van der Waals surface area (Å²) in [6.07, 6.45) is 1.50. The van der Waals surface area contributed by atoms with E-state index in [9.17, 15) is 9.18 Å². The van der Waals surface area contributed by atoms with Gasteiger partial charge in [0.1, 0.15) is 5.82 Å².